The SMILES string of the molecule is O=C(CCc1cc(=O)[nH]o1)NC1CCC(C(=O)NCCCn2cccn2)CC1. The zero-order valence-electron chi connectivity index (χ0n) is 15.9. The molecule has 152 valence electrons. The maximum absolute atomic E-state index is 12.3. The molecule has 9 nitrogen and oxygen atoms in total. The number of aromatic nitrogens is 3. The van der Waals surface area contributed by atoms with Gasteiger partial charge in [-0.3, -0.25) is 19.1 Å². The first-order chi connectivity index (χ1) is 13.6. The van der Waals surface area contributed by atoms with E-state index in [4.69, 9.17) is 4.52 Å². The topological polar surface area (TPSA) is 122 Å². The zero-order valence-corrected chi connectivity index (χ0v) is 15.9. The van der Waals surface area contributed by atoms with Crippen LogP contribution in [0.3, 0.4) is 0 Å². The summed E-state index contributed by atoms with van der Waals surface area (Å²) in [5.74, 6) is 0.545. The van der Waals surface area contributed by atoms with Crippen LogP contribution in [-0.2, 0) is 22.6 Å². The minimum absolute atomic E-state index is 0.0204. The molecule has 0 atom stereocenters. The Balaban J connectivity index is 1.28. The van der Waals surface area contributed by atoms with Crippen molar-refractivity contribution in [2.45, 2.75) is 57.5 Å². The van der Waals surface area contributed by atoms with Crippen LogP contribution in [0.4, 0.5) is 0 Å². The zero-order chi connectivity index (χ0) is 19.8. The Bertz CT molecular complexity index is 802. The van der Waals surface area contributed by atoms with Crippen molar-refractivity contribution in [2.24, 2.45) is 5.92 Å². The minimum atomic E-state index is -0.298. The van der Waals surface area contributed by atoms with E-state index < -0.39 is 0 Å². The van der Waals surface area contributed by atoms with Crippen LogP contribution in [0.5, 0.6) is 0 Å². The largest absolute Gasteiger partial charge is 0.384 e. The third-order valence-electron chi connectivity index (χ3n) is 5.06. The summed E-state index contributed by atoms with van der Waals surface area (Å²) in [4.78, 5) is 35.3. The number of carbonyl (C=O) groups is 2. The van der Waals surface area contributed by atoms with Crippen molar-refractivity contribution in [2.75, 3.05) is 6.54 Å². The van der Waals surface area contributed by atoms with Gasteiger partial charge in [-0.05, 0) is 38.2 Å². The van der Waals surface area contributed by atoms with Crippen LogP contribution in [-0.4, -0.2) is 39.3 Å². The predicted octanol–water partition coefficient (Wildman–Crippen LogP) is 0.978. The number of carbonyl (C=O) groups excluding carboxylic acids is 2. The Kier molecular flexibility index (Phi) is 7.05. The van der Waals surface area contributed by atoms with Gasteiger partial charge in [-0.2, -0.15) is 10.3 Å². The summed E-state index contributed by atoms with van der Waals surface area (Å²) in [6, 6.07) is 3.34. The van der Waals surface area contributed by atoms with Crippen LogP contribution in [0.25, 0.3) is 0 Å². The maximum Gasteiger partial charge on any atom is 0.280 e. The number of H-pyrrole nitrogens is 1. The standard InChI is InChI=1S/C19H27N5O4/c25-17(8-7-16-13-18(26)23-28-16)22-15-5-3-14(4-6-15)19(27)20-9-1-11-24-12-2-10-21-24/h2,10,12-15H,1,3-9,11H2,(H,20,27)(H,22,25)(H,23,26). The average Bonchev–Trinajstić information content (AvgIpc) is 3.35. The molecule has 2 aromatic heterocycles. The highest BCUT2D eigenvalue weighted by molar-refractivity contribution is 5.79. The van der Waals surface area contributed by atoms with E-state index in [9.17, 15) is 14.4 Å². The van der Waals surface area contributed by atoms with Gasteiger partial charge in [-0.1, -0.05) is 0 Å². The van der Waals surface area contributed by atoms with Crippen LogP contribution in [0.1, 0.15) is 44.3 Å². The number of nitrogens with zero attached hydrogens (tertiary/aromatic N) is 2. The molecular weight excluding hydrogens is 362 g/mol. The predicted molar refractivity (Wildman–Crippen MR) is 101 cm³/mol. The maximum atomic E-state index is 12.3. The third kappa shape index (κ3) is 6.11. The Hall–Kier alpha value is -2.84. The molecule has 28 heavy (non-hydrogen) atoms. The molecule has 0 saturated heterocycles. The molecule has 0 spiro atoms. The summed E-state index contributed by atoms with van der Waals surface area (Å²) < 4.78 is 6.79. The van der Waals surface area contributed by atoms with Gasteiger partial charge < -0.3 is 15.2 Å². The number of hydrogen-bond donors (Lipinski definition) is 3. The van der Waals surface area contributed by atoms with Gasteiger partial charge in [0.2, 0.25) is 11.8 Å². The first kappa shape index (κ1) is 19.9. The van der Waals surface area contributed by atoms with E-state index >= 15 is 0 Å². The second-order valence-corrected chi connectivity index (χ2v) is 7.21. The summed E-state index contributed by atoms with van der Waals surface area (Å²) in [5, 5.41) is 12.4. The van der Waals surface area contributed by atoms with Crippen molar-refractivity contribution in [1.82, 2.24) is 25.6 Å². The highest BCUT2D eigenvalue weighted by Gasteiger charge is 2.26. The molecule has 2 aromatic rings. The van der Waals surface area contributed by atoms with Crippen molar-refractivity contribution < 1.29 is 14.1 Å². The molecule has 1 aliphatic carbocycles. The smallest absolute Gasteiger partial charge is 0.280 e. The van der Waals surface area contributed by atoms with Gasteiger partial charge in [-0.25, -0.2) is 0 Å². The fourth-order valence-electron chi connectivity index (χ4n) is 3.51. The van der Waals surface area contributed by atoms with Crippen LogP contribution >= 0.6 is 0 Å². The molecule has 9 heteroatoms. The van der Waals surface area contributed by atoms with E-state index in [0.29, 0.717) is 18.7 Å². The molecule has 0 aliphatic heterocycles. The summed E-state index contributed by atoms with van der Waals surface area (Å²) >= 11 is 0. The van der Waals surface area contributed by atoms with Crippen LogP contribution in [0.15, 0.2) is 33.8 Å². The first-order valence-corrected chi connectivity index (χ1v) is 9.82. The third-order valence-corrected chi connectivity index (χ3v) is 5.06. The number of aryl methyl sites for hydroxylation is 2. The molecule has 2 heterocycles. The van der Waals surface area contributed by atoms with Crippen LogP contribution in [0.2, 0.25) is 0 Å². The van der Waals surface area contributed by atoms with Gasteiger partial charge in [0.25, 0.3) is 5.56 Å². The lowest BCUT2D eigenvalue weighted by Gasteiger charge is -2.28. The molecule has 0 bridgehead atoms. The quantitative estimate of drug-likeness (QED) is 0.552. The average molecular weight is 389 g/mol. The molecule has 1 aliphatic rings. The highest BCUT2D eigenvalue weighted by Crippen LogP contribution is 2.24. The molecule has 2 amide bonds. The first-order valence-electron chi connectivity index (χ1n) is 9.82. The van der Waals surface area contributed by atoms with Gasteiger partial charge in [0, 0.05) is 56.4 Å². The Labute approximate surface area is 162 Å². The molecule has 1 fully saturated rings. The van der Waals surface area contributed by atoms with Crippen molar-refractivity contribution >= 4 is 11.8 Å². The lowest BCUT2D eigenvalue weighted by atomic mass is 9.85. The molecular formula is C19H27N5O4. The van der Waals surface area contributed by atoms with Crippen molar-refractivity contribution in [3.63, 3.8) is 0 Å². The summed E-state index contributed by atoms with van der Waals surface area (Å²) in [5.41, 5.74) is -0.298. The van der Waals surface area contributed by atoms with E-state index in [-0.39, 0.29) is 35.8 Å². The molecule has 3 rings (SSSR count). The molecule has 3 N–H and O–H groups in total. The van der Waals surface area contributed by atoms with Crippen molar-refractivity contribution in [3.8, 4) is 0 Å². The minimum Gasteiger partial charge on any atom is -0.384 e. The van der Waals surface area contributed by atoms with E-state index in [1.165, 1.54) is 6.07 Å². The van der Waals surface area contributed by atoms with E-state index in [1.807, 2.05) is 16.9 Å². The fourth-order valence-corrected chi connectivity index (χ4v) is 3.51. The van der Waals surface area contributed by atoms with E-state index in [2.05, 4.69) is 20.9 Å². The van der Waals surface area contributed by atoms with Crippen molar-refractivity contribution in [3.05, 3.63) is 40.6 Å². The van der Waals surface area contributed by atoms with Gasteiger partial charge >= 0.3 is 0 Å². The number of amides is 2. The lowest BCUT2D eigenvalue weighted by molar-refractivity contribution is -0.126. The molecule has 0 unspecified atom stereocenters. The highest BCUT2D eigenvalue weighted by atomic mass is 16.5. The second kappa shape index (κ2) is 9.91. The number of rotatable bonds is 9. The van der Waals surface area contributed by atoms with Crippen molar-refractivity contribution in [1.29, 1.82) is 0 Å². The number of hydrogen-bond acceptors (Lipinski definition) is 5. The number of nitrogens with one attached hydrogen (secondary N) is 3. The van der Waals surface area contributed by atoms with Gasteiger partial charge in [0.15, 0.2) is 0 Å². The second-order valence-electron chi connectivity index (χ2n) is 7.21. The Morgan fingerprint density at radius 2 is 2.11 bits per heavy atom. The summed E-state index contributed by atoms with van der Waals surface area (Å²) in [7, 11) is 0. The number of aromatic amines is 1. The Morgan fingerprint density at radius 1 is 1.29 bits per heavy atom. The van der Waals surface area contributed by atoms with E-state index in [1.54, 1.807) is 6.20 Å². The fraction of sp³-hybridized carbons (Fsp3) is 0.579. The van der Waals surface area contributed by atoms with Crippen LogP contribution < -0.4 is 16.2 Å². The van der Waals surface area contributed by atoms with Gasteiger partial charge in [0.1, 0.15) is 5.76 Å². The molecule has 0 radical (unpaired) electrons. The monoisotopic (exact) mass is 389 g/mol. The molecule has 0 aromatic carbocycles. The van der Waals surface area contributed by atoms with Gasteiger partial charge in [0.05, 0.1) is 0 Å². The lowest BCUT2D eigenvalue weighted by Crippen LogP contribution is -2.41. The summed E-state index contributed by atoms with van der Waals surface area (Å²) in [6.07, 6.45) is 8.33. The van der Waals surface area contributed by atoms with Crippen LogP contribution in [0, 0.1) is 5.92 Å². The normalized spacial score (nSPS) is 19.3. The summed E-state index contributed by atoms with van der Waals surface area (Å²) in [6.45, 7) is 1.43. The van der Waals surface area contributed by atoms with Gasteiger partial charge in [-0.15, -0.1) is 0 Å². The Morgan fingerprint density at radius 3 is 2.79 bits per heavy atom. The molecule has 1 saturated carbocycles. The van der Waals surface area contributed by atoms with E-state index in [0.717, 1.165) is 38.6 Å².